The van der Waals surface area contributed by atoms with Crippen LogP contribution in [0.3, 0.4) is 0 Å². The maximum absolute atomic E-state index is 12.9. The number of hydrogen-bond acceptors (Lipinski definition) is 6. The maximum atomic E-state index is 12.9. The number of hydrogen-bond donors (Lipinski definition) is 1. The number of thioether (sulfide) groups is 1. The molecule has 0 aromatic carbocycles. The van der Waals surface area contributed by atoms with Crippen LogP contribution in [0, 0.1) is 5.41 Å². The molecule has 1 N–H and O–H groups in total. The highest BCUT2D eigenvalue weighted by Gasteiger charge is 2.42. The molecule has 0 spiro atoms. The summed E-state index contributed by atoms with van der Waals surface area (Å²) >= 11 is 3.17. The Balaban J connectivity index is 1.90. The van der Waals surface area contributed by atoms with Crippen LogP contribution in [0.5, 0.6) is 0 Å². The Kier molecular flexibility index (Phi) is 3.39. The zero-order valence-corrected chi connectivity index (χ0v) is 14.9. The Bertz CT molecular complexity index is 804. The number of nitrogens with one attached hydrogen (secondary N) is 1. The Morgan fingerprint density at radius 2 is 2.26 bits per heavy atom. The van der Waals surface area contributed by atoms with E-state index in [1.165, 1.54) is 11.8 Å². The average Bonchev–Trinajstić information content (AvgIpc) is 3.12. The van der Waals surface area contributed by atoms with Crippen molar-refractivity contribution in [2.75, 3.05) is 11.6 Å². The summed E-state index contributed by atoms with van der Waals surface area (Å²) in [7, 11) is 0. The van der Waals surface area contributed by atoms with Gasteiger partial charge in [0, 0.05) is 22.6 Å². The number of Topliss-reactive ketones (excluding diaryl/α,β-unsaturated/α-hetero) is 1. The van der Waals surface area contributed by atoms with E-state index >= 15 is 0 Å². The van der Waals surface area contributed by atoms with E-state index in [1.54, 1.807) is 11.3 Å². The van der Waals surface area contributed by atoms with Gasteiger partial charge in [0.2, 0.25) is 11.1 Å². The Labute approximate surface area is 143 Å². The molecule has 0 saturated carbocycles. The van der Waals surface area contributed by atoms with Crippen molar-refractivity contribution >= 4 is 34.8 Å². The summed E-state index contributed by atoms with van der Waals surface area (Å²) in [5.41, 5.74) is 1.85. The predicted molar refractivity (Wildman–Crippen MR) is 92.9 cm³/mol. The minimum absolute atomic E-state index is 0.0204. The van der Waals surface area contributed by atoms with Crippen molar-refractivity contribution in [2.45, 2.75) is 37.9 Å². The maximum Gasteiger partial charge on any atom is 0.227 e. The lowest BCUT2D eigenvalue weighted by atomic mass is 9.73. The number of ketones is 1. The van der Waals surface area contributed by atoms with E-state index in [0.29, 0.717) is 6.42 Å². The van der Waals surface area contributed by atoms with Gasteiger partial charge in [-0.2, -0.15) is 4.98 Å². The average molecular weight is 346 g/mol. The molecule has 2 aliphatic rings. The van der Waals surface area contributed by atoms with Crippen molar-refractivity contribution < 1.29 is 4.79 Å². The zero-order valence-electron chi connectivity index (χ0n) is 13.3. The lowest BCUT2D eigenvalue weighted by Gasteiger charge is -2.37. The molecule has 0 radical (unpaired) electrons. The molecule has 0 amide bonds. The number of allylic oxidation sites excluding steroid dienone is 2. The van der Waals surface area contributed by atoms with Gasteiger partial charge in [0.25, 0.3) is 0 Å². The second-order valence-electron chi connectivity index (χ2n) is 6.74. The molecule has 1 aliphatic heterocycles. The Hall–Kier alpha value is -1.60. The molecular weight excluding hydrogens is 328 g/mol. The van der Waals surface area contributed by atoms with Crippen LogP contribution in [0.4, 0.5) is 5.95 Å². The van der Waals surface area contributed by atoms with Gasteiger partial charge in [-0.15, -0.1) is 16.4 Å². The molecule has 4 rings (SSSR count). The molecule has 1 aliphatic carbocycles. The molecular formula is C16H18N4OS2. The first-order chi connectivity index (χ1) is 11.0. The van der Waals surface area contributed by atoms with Crippen molar-refractivity contribution in [2.24, 2.45) is 5.41 Å². The van der Waals surface area contributed by atoms with E-state index in [-0.39, 0.29) is 17.2 Å². The summed E-state index contributed by atoms with van der Waals surface area (Å²) in [6, 6.07) is 3.94. The highest BCUT2D eigenvalue weighted by atomic mass is 32.2. The van der Waals surface area contributed by atoms with Crippen LogP contribution in [0.2, 0.25) is 0 Å². The van der Waals surface area contributed by atoms with Gasteiger partial charge in [0.05, 0.1) is 0 Å². The van der Waals surface area contributed by atoms with E-state index in [2.05, 4.69) is 35.3 Å². The smallest absolute Gasteiger partial charge is 0.227 e. The predicted octanol–water partition coefficient (Wildman–Crippen LogP) is 3.72. The largest absolute Gasteiger partial charge is 0.328 e. The molecule has 2 aromatic heterocycles. The number of fused-ring (bicyclic) bond motifs is 1. The van der Waals surface area contributed by atoms with Gasteiger partial charge in [-0.3, -0.25) is 4.79 Å². The standard InChI is InChI=1S/C16H18N4OS2/c1-16(2)7-9-12(10(21)8-16)13(11-5-4-6-23-11)20-14(17-9)18-15(19-20)22-3/h4-6,13H,7-8H2,1-3H3,(H,17,18,19)/t13-/m1/s1. The molecule has 0 fully saturated rings. The summed E-state index contributed by atoms with van der Waals surface area (Å²) in [5, 5.41) is 10.7. The van der Waals surface area contributed by atoms with Crippen LogP contribution >= 0.6 is 23.1 Å². The van der Waals surface area contributed by atoms with Crippen molar-refractivity contribution in [3.8, 4) is 0 Å². The highest BCUT2D eigenvalue weighted by molar-refractivity contribution is 7.98. The van der Waals surface area contributed by atoms with Crippen molar-refractivity contribution in [3.05, 3.63) is 33.7 Å². The summed E-state index contributed by atoms with van der Waals surface area (Å²) in [6.07, 6.45) is 3.40. The van der Waals surface area contributed by atoms with Crippen LogP contribution in [0.25, 0.3) is 0 Å². The van der Waals surface area contributed by atoms with E-state index in [1.807, 2.05) is 22.4 Å². The van der Waals surface area contributed by atoms with E-state index in [4.69, 9.17) is 0 Å². The van der Waals surface area contributed by atoms with Gasteiger partial charge in [0.1, 0.15) is 6.04 Å². The number of rotatable bonds is 2. The SMILES string of the molecule is CSc1nc2n(n1)[C@H](c1cccs1)C1=C(CC(C)(C)CC1=O)N2. The number of anilines is 1. The van der Waals surface area contributed by atoms with Gasteiger partial charge >= 0.3 is 0 Å². The fourth-order valence-corrected chi connectivity index (χ4v) is 4.55. The van der Waals surface area contributed by atoms with Crippen molar-refractivity contribution in [1.82, 2.24) is 14.8 Å². The van der Waals surface area contributed by atoms with Gasteiger partial charge in [0.15, 0.2) is 5.78 Å². The topological polar surface area (TPSA) is 59.8 Å². The zero-order chi connectivity index (χ0) is 16.2. The number of nitrogens with zero attached hydrogens (tertiary/aromatic N) is 3. The van der Waals surface area contributed by atoms with Gasteiger partial charge in [-0.1, -0.05) is 31.7 Å². The summed E-state index contributed by atoms with van der Waals surface area (Å²) in [5.74, 6) is 0.950. The molecule has 3 heterocycles. The third kappa shape index (κ3) is 2.42. The number of carbonyl (C=O) groups excluding carboxylic acids is 1. The second kappa shape index (κ2) is 5.21. The minimum Gasteiger partial charge on any atom is -0.328 e. The molecule has 7 heteroatoms. The summed E-state index contributed by atoms with van der Waals surface area (Å²) in [6.45, 7) is 4.28. The van der Waals surface area contributed by atoms with Crippen LogP contribution in [0.15, 0.2) is 33.9 Å². The number of carbonyl (C=O) groups is 1. The quantitative estimate of drug-likeness (QED) is 0.840. The first-order valence-corrected chi connectivity index (χ1v) is 9.66. The van der Waals surface area contributed by atoms with Gasteiger partial charge < -0.3 is 5.32 Å². The van der Waals surface area contributed by atoms with Crippen LogP contribution in [-0.4, -0.2) is 26.8 Å². The van der Waals surface area contributed by atoms with E-state index in [9.17, 15) is 4.79 Å². The van der Waals surface area contributed by atoms with Crippen LogP contribution in [0.1, 0.15) is 37.6 Å². The molecule has 0 bridgehead atoms. The number of aromatic nitrogens is 3. The molecule has 2 aromatic rings. The number of thiophene rings is 1. The molecule has 1 atom stereocenters. The Morgan fingerprint density at radius 1 is 1.43 bits per heavy atom. The molecule has 120 valence electrons. The second-order valence-corrected chi connectivity index (χ2v) is 8.50. The van der Waals surface area contributed by atoms with E-state index < -0.39 is 0 Å². The fraction of sp³-hybridized carbons (Fsp3) is 0.438. The summed E-state index contributed by atoms with van der Waals surface area (Å²) < 4.78 is 1.87. The lowest BCUT2D eigenvalue weighted by Crippen LogP contribution is -2.36. The van der Waals surface area contributed by atoms with Gasteiger partial charge in [-0.25, -0.2) is 4.68 Å². The molecule has 0 unspecified atom stereocenters. The van der Waals surface area contributed by atoms with E-state index in [0.717, 1.165) is 33.7 Å². The minimum atomic E-state index is -0.154. The first kappa shape index (κ1) is 15.0. The molecule has 5 nitrogen and oxygen atoms in total. The highest BCUT2D eigenvalue weighted by Crippen LogP contribution is 2.46. The fourth-order valence-electron chi connectivity index (χ4n) is 3.39. The summed E-state index contributed by atoms with van der Waals surface area (Å²) in [4.78, 5) is 18.6. The third-order valence-electron chi connectivity index (χ3n) is 4.31. The lowest BCUT2D eigenvalue weighted by molar-refractivity contribution is -0.118. The molecule has 0 saturated heterocycles. The Morgan fingerprint density at radius 3 is 2.96 bits per heavy atom. The van der Waals surface area contributed by atoms with Crippen molar-refractivity contribution in [3.63, 3.8) is 0 Å². The van der Waals surface area contributed by atoms with Crippen LogP contribution < -0.4 is 5.32 Å². The monoisotopic (exact) mass is 346 g/mol. The third-order valence-corrected chi connectivity index (χ3v) is 5.77. The van der Waals surface area contributed by atoms with Crippen molar-refractivity contribution in [1.29, 1.82) is 0 Å². The normalized spacial score (nSPS) is 22.6. The first-order valence-electron chi connectivity index (χ1n) is 7.56. The van der Waals surface area contributed by atoms with Crippen LogP contribution in [-0.2, 0) is 4.79 Å². The van der Waals surface area contributed by atoms with Gasteiger partial charge in [-0.05, 0) is 29.5 Å². The molecule has 23 heavy (non-hydrogen) atoms.